The number of thiazole rings is 1. The number of carbonyl (C=O) groups is 2. The molecule has 0 aliphatic carbocycles. The zero-order valence-corrected chi connectivity index (χ0v) is 19.2. The van der Waals surface area contributed by atoms with E-state index in [1.807, 2.05) is 13.8 Å². The molecule has 1 aliphatic rings. The Hall–Kier alpha value is -3.34. The average molecular weight is 473 g/mol. The van der Waals surface area contributed by atoms with Crippen molar-refractivity contribution in [2.24, 2.45) is 5.92 Å². The number of anilines is 2. The smallest absolute Gasteiger partial charge is 0.273 e. The molecule has 0 spiro atoms. The molecule has 0 atom stereocenters. The molecule has 0 bridgehead atoms. The lowest BCUT2D eigenvalue weighted by molar-refractivity contribution is -0.126. The molecular formula is C22H25FN6O3S. The first-order chi connectivity index (χ1) is 15.8. The van der Waals surface area contributed by atoms with E-state index in [2.05, 4.69) is 25.5 Å². The number of rotatable bonds is 6. The van der Waals surface area contributed by atoms with Gasteiger partial charge >= 0.3 is 0 Å². The minimum absolute atomic E-state index is 0.0204. The first-order valence-electron chi connectivity index (χ1n) is 10.8. The average Bonchev–Trinajstić information content (AvgIpc) is 3.22. The number of nitrogens with one attached hydrogen (secondary N) is 2. The summed E-state index contributed by atoms with van der Waals surface area (Å²) in [5.74, 6) is -0.760. The highest BCUT2D eigenvalue weighted by molar-refractivity contribution is 7.22. The number of benzene rings is 1. The highest BCUT2D eigenvalue weighted by atomic mass is 32.1. The third kappa shape index (κ3) is 5.36. The van der Waals surface area contributed by atoms with Gasteiger partial charge < -0.3 is 15.5 Å². The van der Waals surface area contributed by atoms with E-state index >= 15 is 0 Å². The van der Waals surface area contributed by atoms with Gasteiger partial charge in [-0.3, -0.25) is 19.0 Å². The van der Waals surface area contributed by atoms with Gasteiger partial charge in [0.15, 0.2) is 10.8 Å². The van der Waals surface area contributed by atoms with Crippen LogP contribution in [0.5, 0.6) is 0 Å². The normalized spacial score (nSPS) is 14.6. The molecule has 0 saturated carbocycles. The van der Waals surface area contributed by atoms with Gasteiger partial charge in [0, 0.05) is 30.7 Å². The maximum absolute atomic E-state index is 13.0. The van der Waals surface area contributed by atoms with Crippen molar-refractivity contribution >= 4 is 44.3 Å². The number of aromatic nitrogens is 3. The van der Waals surface area contributed by atoms with Gasteiger partial charge in [-0.1, -0.05) is 11.3 Å². The van der Waals surface area contributed by atoms with E-state index in [0.717, 1.165) is 12.8 Å². The number of fused-ring (bicyclic) bond motifs is 1. The van der Waals surface area contributed by atoms with E-state index in [9.17, 15) is 18.8 Å². The van der Waals surface area contributed by atoms with E-state index < -0.39 is 11.7 Å². The van der Waals surface area contributed by atoms with Crippen molar-refractivity contribution in [3.63, 3.8) is 0 Å². The van der Waals surface area contributed by atoms with Crippen molar-refractivity contribution in [3.05, 3.63) is 46.8 Å². The SMILES string of the molecule is CC(C)NC(=O)C1CCN(c2nc3ncn(CC(=O)Nc4ccc(F)cc4)c(=O)c3s2)CC1. The summed E-state index contributed by atoms with van der Waals surface area (Å²) in [7, 11) is 0. The topological polar surface area (TPSA) is 109 Å². The second-order valence-corrected chi connectivity index (χ2v) is 9.28. The quantitative estimate of drug-likeness (QED) is 0.570. The van der Waals surface area contributed by atoms with Gasteiger partial charge in [0.2, 0.25) is 11.8 Å². The van der Waals surface area contributed by atoms with Crippen LogP contribution in [0.4, 0.5) is 15.2 Å². The zero-order chi connectivity index (χ0) is 23.5. The zero-order valence-electron chi connectivity index (χ0n) is 18.4. The van der Waals surface area contributed by atoms with Gasteiger partial charge in [0.05, 0.1) is 0 Å². The van der Waals surface area contributed by atoms with Crippen LogP contribution >= 0.6 is 11.3 Å². The molecular weight excluding hydrogens is 447 g/mol. The second kappa shape index (κ2) is 9.65. The van der Waals surface area contributed by atoms with Crippen LogP contribution in [0.25, 0.3) is 10.3 Å². The molecule has 0 unspecified atom stereocenters. The third-order valence-corrected chi connectivity index (χ3v) is 6.48. The summed E-state index contributed by atoms with van der Waals surface area (Å²) < 4.78 is 14.6. The van der Waals surface area contributed by atoms with E-state index in [1.165, 1.54) is 46.5 Å². The summed E-state index contributed by atoms with van der Waals surface area (Å²) in [6, 6.07) is 5.50. The molecule has 1 saturated heterocycles. The first-order valence-corrected chi connectivity index (χ1v) is 11.6. The summed E-state index contributed by atoms with van der Waals surface area (Å²) in [4.78, 5) is 48.3. The van der Waals surface area contributed by atoms with Gasteiger partial charge in [-0.15, -0.1) is 0 Å². The predicted molar refractivity (Wildman–Crippen MR) is 125 cm³/mol. The van der Waals surface area contributed by atoms with Crippen molar-refractivity contribution in [2.75, 3.05) is 23.3 Å². The van der Waals surface area contributed by atoms with Gasteiger partial charge in [-0.2, -0.15) is 4.98 Å². The van der Waals surface area contributed by atoms with E-state index in [0.29, 0.717) is 34.3 Å². The minimum Gasteiger partial charge on any atom is -0.354 e. The largest absolute Gasteiger partial charge is 0.354 e. The lowest BCUT2D eigenvalue weighted by Gasteiger charge is -2.31. The molecule has 3 heterocycles. The Bertz CT molecular complexity index is 1220. The summed E-state index contributed by atoms with van der Waals surface area (Å²) in [6.45, 7) is 5.01. The predicted octanol–water partition coefficient (Wildman–Crippen LogP) is 2.37. The van der Waals surface area contributed by atoms with Gasteiger partial charge in [0.1, 0.15) is 23.4 Å². The number of amides is 2. The fraction of sp³-hybridized carbons (Fsp3) is 0.409. The van der Waals surface area contributed by atoms with Crippen LogP contribution in [0.2, 0.25) is 0 Å². The molecule has 0 radical (unpaired) electrons. The Morgan fingerprint density at radius 1 is 1.21 bits per heavy atom. The van der Waals surface area contributed by atoms with Crippen molar-refractivity contribution in [1.29, 1.82) is 0 Å². The standard InChI is InChI=1S/C22H25FN6O3S/c1-13(2)25-20(31)14-7-9-28(10-8-14)22-27-19-18(33-22)21(32)29(12-24-19)11-17(30)26-16-5-3-15(23)4-6-16/h3-6,12-14H,7-11H2,1-2H3,(H,25,31)(H,26,30). The van der Waals surface area contributed by atoms with E-state index in [1.54, 1.807) is 0 Å². The first kappa shape index (κ1) is 22.8. The minimum atomic E-state index is -0.420. The summed E-state index contributed by atoms with van der Waals surface area (Å²) in [6.07, 6.45) is 2.74. The Kier molecular flexibility index (Phi) is 6.68. The van der Waals surface area contributed by atoms with E-state index in [4.69, 9.17) is 0 Å². The van der Waals surface area contributed by atoms with Crippen molar-refractivity contribution < 1.29 is 14.0 Å². The van der Waals surface area contributed by atoms with Crippen LogP contribution in [0.15, 0.2) is 35.4 Å². The van der Waals surface area contributed by atoms with Crippen LogP contribution in [-0.4, -0.2) is 45.5 Å². The maximum Gasteiger partial charge on any atom is 0.273 e. The lowest BCUT2D eigenvalue weighted by Crippen LogP contribution is -2.42. The van der Waals surface area contributed by atoms with Crippen LogP contribution < -0.4 is 21.1 Å². The Morgan fingerprint density at radius 3 is 2.58 bits per heavy atom. The number of halogens is 1. The second-order valence-electron chi connectivity index (χ2n) is 8.31. The monoisotopic (exact) mass is 472 g/mol. The van der Waals surface area contributed by atoms with Gasteiger partial charge in [0.25, 0.3) is 5.56 Å². The Labute approximate surface area is 193 Å². The molecule has 9 nitrogen and oxygen atoms in total. The van der Waals surface area contributed by atoms with Crippen molar-refractivity contribution in [2.45, 2.75) is 39.3 Å². The highest BCUT2D eigenvalue weighted by Crippen LogP contribution is 2.29. The number of piperidine rings is 1. The number of carbonyl (C=O) groups excluding carboxylic acids is 2. The molecule has 11 heteroatoms. The Morgan fingerprint density at radius 2 is 1.91 bits per heavy atom. The number of nitrogens with zero attached hydrogens (tertiary/aromatic N) is 4. The number of hydrogen-bond donors (Lipinski definition) is 2. The lowest BCUT2D eigenvalue weighted by atomic mass is 9.96. The highest BCUT2D eigenvalue weighted by Gasteiger charge is 2.27. The molecule has 4 rings (SSSR count). The molecule has 2 amide bonds. The fourth-order valence-corrected chi connectivity index (χ4v) is 4.73. The fourth-order valence-electron chi connectivity index (χ4n) is 3.71. The van der Waals surface area contributed by atoms with Crippen molar-refractivity contribution in [3.8, 4) is 0 Å². The molecule has 1 aromatic carbocycles. The molecule has 3 aromatic rings. The molecule has 2 N–H and O–H groups in total. The van der Waals surface area contributed by atoms with Crippen LogP contribution in [0.3, 0.4) is 0 Å². The molecule has 1 aliphatic heterocycles. The number of hydrogen-bond acceptors (Lipinski definition) is 7. The Balaban J connectivity index is 1.43. The van der Waals surface area contributed by atoms with Crippen LogP contribution in [0, 0.1) is 11.7 Å². The van der Waals surface area contributed by atoms with E-state index in [-0.39, 0.29) is 30.0 Å². The summed E-state index contributed by atoms with van der Waals surface area (Å²) in [5.41, 5.74) is 0.438. The maximum atomic E-state index is 13.0. The van der Waals surface area contributed by atoms with Crippen molar-refractivity contribution in [1.82, 2.24) is 19.9 Å². The molecule has 174 valence electrons. The molecule has 1 fully saturated rings. The molecule has 2 aromatic heterocycles. The van der Waals surface area contributed by atoms with Crippen LogP contribution in [-0.2, 0) is 16.1 Å². The van der Waals surface area contributed by atoms with Gasteiger partial charge in [-0.25, -0.2) is 9.37 Å². The van der Waals surface area contributed by atoms with Crippen LogP contribution in [0.1, 0.15) is 26.7 Å². The molecule has 33 heavy (non-hydrogen) atoms. The summed E-state index contributed by atoms with van der Waals surface area (Å²) in [5, 5.41) is 6.28. The summed E-state index contributed by atoms with van der Waals surface area (Å²) >= 11 is 1.24. The third-order valence-electron chi connectivity index (χ3n) is 5.38. The van der Waals surface area contributed by atoms with Gasteiger partial charge in [-0.05, 0) is 51.0 Å².